The molecule has 4 fully saturated rings. The molecule has 4 saturated carbocycles. The Morgan fingerprint density at radius 3 is 2.04 bits per heavy atom. The first-order chi connectivity index (χ1) is 11.1. The fraction of sp³-hybridized carbons (Fsp3) is 0.947. The van der Waals surface area contributed by atoms with Gasteiger partial charge in [0.2, 0.25) is 0 Å². The molecule has 5 nitrogen and oxygen atoms in total. The number of carbonyl (C=O) groups excluding carboxylic acids is 1. The molecule has 24 heavy (non-hydrogen) atoms. The third kappa shape index (κ3) is 3.43. The molecular formula is C19H33NO4. The van der Waals surface area contributed by atoms with Crippen LogP contribution in [-0.2, 0) is 4.74 Å². The fourth-order valence-electron chi connectivity index (χ4n) is 6.54. The van der Waals surface area contributed by atoms with Crippen molar-refractivity contribution in [3.05, 3.63) is 0 Å². The molecule has 4 aliphatic rings. The van der Waals surface area contributed by atoms with Crippen LogP contribution in [0.3, 0.4) is 0 Å². The van der Waals surface area contributed by atoms with Crippen LogP contribution in [0.2, 0.25) is 0 Å². The van der Waals surface area contributed by atoms with E-state index in [1.165, 1.54) is 0 Å². The molecular weight excluding hydrogens is 306 g/mol. The van der Waals surface area contributed by atoms with Crippen molar-refractivity contribution in [2.45, 2.75) is 83.3 Å². The van der Waals surface area contributed by atoms with Crippen LogP contribution in [-0.4, -0.2) is 40.7 Å². The zero-order valence-electron chi connectivity index (χ0n) is 15.4. The number of hydrogen-bond donors (Lipinski definition) is 3. The Morgan fingerprint density at radius 2 is 1.58 bits per heavy atom. The van der Waals surface area contributed by atoms with Crippen molar-refractivity contribution in [2.24, 2.45) is 16.7 Å². The van der Waals surface area contributed by atoms with Crippen molar-refractivity contribution in [2.75, 3.05) is 13.2 Å². The molecule has 2 unspecified atom stereocenters. The molecule has 0 aromatic carbocycles. The number of ether oxygens (including phenoxy) is 1. The van der Waals surface area contributed by atoms with E-state index in [1.54, 1.807) is 0 Å². The average Bonchev–Trinajstić information content (AvgIpc) is 2.32. The van der Waals surface area contributed by atoms with E-state index in [9.17, 15) is 15.0 Å². The molecule has 5 heteroatoms. The van der Waals surface area contributed by atoms with Gasteiger partial charge in [0, 0.05) is 18.8 Å². The summed E-state index contributed by atoms with van der Waals surface area (Å²) in [5.41, 5.74) is -0.513. The van der Waals surface area contributed by atoms with Crippen molar-refractivity contribution in [1.82, 2.24) is 5.32 Å². The van der Waals surface area contributed by atoms with Crippen LogP contribution in [0.15, 0.2) is 0 Å². The highest BCUT2D eigenvalue weighted by molar-refractivity contribution is 5.69. The van der Waals surface area contributed by atoms with Gasteiger partial charge < -0.3 is 20.3 Å². The third-order valence-corrected chi connectivity index (χ3v) is 6.35. The van der Waals surface area contributed by atoms with E-state index in [4.69, 9.17) is 4.74 Å². The predicted molar refractivity (Wildman–Crippen MR) is 91.6 cm³/mol. The monoisotopic (exact) mass is 339 g/mol. The molecule has 138 valence electrons. The smallest absolute Gasteiger partial charge is 0.408 e. The first kappa shape index (κ1) is 18.0. The van der Waals surface area contributed by atoms with Gasteiger partial charge in [-0.05, 0) is 88.9 Å². The normalized spacial score (nSPS) is 40.6. The van der Waals surface area contributed by atoms with Gasteiger partial charge in [-0.1, -0.05) is 0 Å². The first-order valence-electron chi connectivity index (χ1n) is 9.36. The molecule has 4 aliphatic carbocycles. The number of hydrogen-bond acceptors (Lipinski definition) is 4. The lowest BCUT2D eigenvalue weighted by molar-refractivity contribution is -0.144. The van der Waals surface area contributed by atoms with Gasteiger partial charge in [0.05, 0.1) is 0 Å². The maximum absolute atomic E-state index is 12.4. The molecule has 1 amide bonds. The van der Waals surface area contributed by atoms with E-state index < -0.39 is 5.60 Å². The lowest BCUT2D eigenvalue weighted by Crippen LogP contribution is -2.66. The van der Waals surface area contributed by atoms with E-state index in [1.807, 2.05) is 20.8 Å². The van der Waals surface area contributed by atoms with Gasteiger partial charge in [0.1, 0.15) is 5.60 Å². The Bertz CT molecular complexity index is 476. The summed E-state index contributed by atoms with van der Waals surface area (Å²) in [5.74, 6) is 0.578. The zero-order valence-corrected chi connectivity index (χ0v) is 15.4. The topological polar surface area (TPSA) is 78.8 Å². The Labute approximate surface area is 145 Å². The molecule has 4 bridgehead atoms. The second kappa shape index (κ2) is 5.87. The average molecular weight is 339 g/mol. The van der Waals surface area contributed by atoms with Gasteiger partial charge in [-0.15, -0.1) is 0 Å². The van der Waals surface area contributed by atoms with E-state index in [0.717, 1.165) is 51.4 Å². The summed E-state index contributed by atoms with van der Waals surface area (Å²) in [6, 6.07) is 0. The van der Waals surface area contributed by atoms with Crippen molar-refractivity contribution in [3.63, 3.8) is 0 Å². The second-order valence-electron chi connectivity index (χ2n) is 9.86. The number of aliphatic hydroxyl groups is 2. The van der Waals surface area contributed by atoms with Gasteiger partial charge in [-0.2, -0.15) is 0 Å². The van der Waals surface area contributed by atoms with Crippen LogP contribution < -0.4 is 5.32 Å². The Kier molecular flexibility index (Phi) is 4.40. The Balaban J connectivity index is 1.83. The van der Waals surface area contributed by atoms with E-state index >= 15 is 0 Å². The number of nitrogens with one attached hydrogen (secondary N) is 1. The molecule has 4 rings (SSSR count). The Hall–Kier alpha value is -0.810. The minimum absolute atomic E-state index is 0.109. The molecule has 0 saturated heterocycles. The summed E-state index contributed by atoms with van der Waals surface area (Å²) in [6.45, 7) is 6.04. The number of alkyl carbamates (subject to hydrolysis) is 1. The minimum atomic E-state index is -0.502. The molecule has 0 spiro atoms. The first-order valence-corrected chi connectivity index (χ1v) is 9.36. The summed E-state index contributed by atoms with van der Waals surface area (Å²) in [4.78, 5) is 12.4. The van der Waals surface area contributed by atoms with Gasteiger partial charge in [0.25, 0.3) is 0 Å². The third-order valence-electron chi connectivity index (χ3n) is 6.35. The van der Waals surface area contributed by atoms with Crippen molar-refractivity contribution < 1.29 is 19.7 Å². The molecule has 3 N–H and O–H groups in total. The maximum atomic E-state index is 12.4. The molecule has 2 atom stereocenters. The van der Waals surface area contributed by atoms with Crippen LogP contribution in [0.5, 0.6) is 0 Å². The molecule has 0 heterocycles. The van der Waals surface area contributed by atoms with E-state index in [2.05, 4.69) is 5.32 Å². The zero-order chi connectivity index (χ0) is 17.6. The van der Waals surface area contributed by atoms with Gasteiger partial charge in [0.15, 0.2) is 0 Å². The molecule has 0 radical (unpaired) electrons. The van der Waals surface area contributed by atoms with Crippen molar-refractivity contribution in [1.29, 1.82) is 0 Å². The Morgan fingerprint density at radius 1 is 1.04 bits per heavy atom. The fourth-order valence-corrected chi connectivity index (χ4v) is 6.54. The minimum Gasteiger partial charge on any atom is -0.444 e. The standard InChI is InChI=1S/C19H33NO4/c1-16(2,3)24-15(23)20-19-10-14-8-17(12-19,4-6-21)11-18(9-14,13-19)5-7-22/h14,21-22H,4-13H2,1-3H3,(H,20,23). The number of rotatable bonds is 5. The lowest BCUT2D eigenvalue weighted by atomic mass is 9.40. The summed E-state index contributed by atoms with van der Waals surface area (Å²) in [5, 5.41) is 22.4. The molecule has 0 aromatic rings. The van der Waals surface area contributed by atoms with E-state index in [-0.39, 0.29) is 35.7 Å². The summed E-state index contributed by atoms with van der Waals surface area (Å²) >= 11 is 0. The highest BCUT2D eigenvalue weighted by atomic mass is 16.6. The van der Waals surface area contributed by atoms with Gasteiger partial charge >= 0.3 is 6.09 Å². The predicted octanol–water partition coefficient (Wildman–Crippen LogP) is 2.99. The second-order valence-corrected chi connectivity index (χ2v) is 9.86. The summed E-state index contributed by atoms with van der Waals surface area (Å²) in [7, 11) is 0. The lowest BCUT2D eigenvalue weighted by Gasteiger charge is -2.67. The highest BCUT2D eigenvalue weighted by Crippen LogP contribution is 2.68. The molecule has 0 aromatic heterocycles. The SMILES string of the molecule is CC(C)(C)OC(=O)NC12CC3CC(CCO)(CC(CCO)(C3)C1)C2. The maximum Gasteiger partial charge on any atom is 0.408 e. The summed E-state index contributed by atoms with van der Waals surface area (Å²) < 4.78 is 5.51. The largest absolute Gasteiger partial charge is 0.444 e. The van der Waals surface area contributed by atoms with Crippen LogP contribution >= 0.6 is 0 Å². The van der Waals surface area contributed by atoms with Crippen LogP contribution in [0, 0.1) is 16.7 Å². The van der Waals surface area contributed by atoms with E-state index in [0.29, 0.717) is 5.92 Å². The van der Waals surface area contributed by atoms with Crippen LogP contribution in [0.4, 0.5) is 4.79 Å². The number of amides is 1. The molecule has 0 aliphatic heterocycles. The number of carbonyl (C=O) groups is 1. The summed E-state index contributed by atoms with van der Waals surface area (Å²) in [6.07, 6.45) is 7.53. The highest BCUT2D eigenvalue weighted by Gasteiger charge is 2.63. The quantitative estimate of drug-likeness (QED) is 0.719. The van der Waals surface area contributed by atoms with Crippen molar-refractivity contribution >= 4 is 6.09 Å². The van der Waals surface area contributed by atoms with Crippen LogP contribution in [0.1, 0.15) is 72.1 Å². The van der Waals surface area contributed by atoms with Crippen molar-refractivity contribution in [3.8, 4) is 0 Å². The van der Waals surface area contributed by atoms with Gasteiger partial charge in [-0.3, -0.25) is 0 Å². The number of aliphatic hydroxyl groups excluding tert-OH is 2. The van der Waals surface area contributed by atoms with Crippen LogP contribution in [0.25, 0.3) is 0 Å². The van der Waals surface area contributed by atoms with Gasteiger partial charge in [-0.25, -0.2) is 4.79 Å².